The van der Waals surface area contributed by atoms with Crippen molar-refractivity contribution in [3.05, 3.63) is 195 Å². The molecule has 0 spiro atoms. The molecule has 0 N–H and O–H groups in total. The lowest BCUT2D eigenvalue weighted by molar-refractivity contribution is 0.656. The maximum absolute atomic E-state index is 2.86. The molecule has 0 nitrogen and oxygen atoms in total. The van der Waals surface area contributed by atoms with E-state index in [-0.39, 0.29) is 0 Å². The molecule has 0 aliphatic heterocycles. The fraction of sp³-hybridized carbons (Fsp3) is 0.568. The molecule has 0 radical (unpaired) electrons. The zero-order chi connectivity index (χ0) is 63.0. The number of hydrogen-bond donors (Lipinski definition) is 0. The molecule has 0 bridgehead atoms. The first-order chi connectivity index (χ1) is 44.3. The molecule has 90 heavy (non-hydrogen) atoms. The molecule has 0 atom stereocenters. The average molecular weight is 1240 g/mol. The summed E-state index contributed by atoms with van der Waals surface area (Å²) in [5.41, 5.74) is 26.5. The minimum atomic E-state index is -0.460. The van der Waals surface area contributed by atoms with E-state index in [1.54, 1.807) is 54.3 Å². The van der Waals surface area contributed by atoms with Gasteiger partial charge in [-0.3, -0.25) is 0 Å². The zero-order valence-corrected chi connectivity index (χ0v) is 60.1. The van der Waals surface area contributed by atoms with Gasteiger partial charge in [-0.1, -0.05) is 282 Å². The highest BCUT2D eigenvalue weighted by atomic mass is 32.1. The third-order valence-corrected chi connectivity index (χ3v) is 23.1. The summed E-state index contributed by atoms with van der Waals surface area (Å²) in [6.45, 7) is 18.9. The van der Waals surface area contributed by atoms with E-state index in [2.05, 4.69) is 186 Å². The molecule has 0 amide bonds. The first-order valence-electron chi connectivity index (χ1n) is 38.2. The Labute approximate surface area is 559 Å². The molecule has 0 saturated heterocycles. The third kappa shape index (κ3) is 16.9. The van der Waals surface area contributed by atoms with Crippen molar-refractivity contribution < 1.29 is 0 Å². The number of unbranched alkanes of at least 4 members (excludes halogenated alkanes) is 24. The second-order valence-electron chi connectivity index (χ2n) is 28.4. The van der Waals surface area contributed by atoms with Crippen LogP contribution in [0.3, 0.4) is 0 Å². The molecular formula is C88H122S2. The minimum Gasteiger partial charge on any atom is -0.147 e. The van der Waals surface area contributed by atoms with Gasteiger partial charge < -0.3 is 0 Å². The summed E-state index contributed by atoms with van der Waals surface area (Å²) in [5, 5.41) is 4.97. The van der Waals surface area contributed by atoms with Gasteiger partial charge in [-0.15, -0.1) is 22.7 Å². The Kier molecular flexibility index (Phi) is 28.1. The number of aryl methyl sites for hydroxylation is 8. The summed E-state index contributed by atoms with van der Waals surface area (Å²) < 4.78 is 0. The van der Waals surface area contributed by atoms with Crippen LogP contribution in [0, 0.1) is 0 Å². The predicted molar refractivity (Wildman–Crippen MR) is 400 cm³/mol. The molecule has 2 aromatic heterocycles. The first-order valence-corrected chi connectivity index (χ1v) is 40.0. The van der Waals surface area contributed by atoms with Crippen molar-refractivity contribution in [1.29, 1.82) is 0 Å². The Bertz CT molecular complexity index is 2780. The lowest BCUT2D eigenvalue weighted by Crippen LogP contribution is -2.30. The van der Waals surface area contributed by atoms with Gasteiger partial charge in [0.05, 0.1) is 10.8 Å². The maximum Gasteiger partial charge on any atom is 0.0807 e. The van der Waals surface area contributed by atoms with Gasteiger partial charge in [-0.2, -0.15) is 0 Å². The van der Waals surface area contributed by atoms with Crippen molar-refractivity contribution in [3.63, 3.8) is 0 Å². The summed E-state index contributed by atoms with van der Waals surface area (Å²) >= 11 is 4.11. The molecule has 5 aromatic carbocycles. The summed E-state index contributed by atoms with van der Waals surface area (Å²) in [6.07, 6.45) is 50.4. The highest BCUT2D eigenvalue weighted by Crippen LogP contribution is 2.65. The van der Waals surface area contributed by atoms with E-state index in [4.69, 9.17) is 0 Å². The van der Waals surface area contributed by atoms with E-state index < -0.39 is 10.8 Å². The van der Waals surface area contributed by atoms with Crippen LogP contribution in [0.1, 0.15) is 348 Å². The van der Waals surface area contributed by atoms with Gasteiger partial charge >= 0.3 is 0 Å². The van der Waals surface area contributed by atoms with Gasteiger partial charge in [0.15, 0.2) is 0 Å². The normalized spacial score (nSPS) is 13.5. The van der Waals surface area contributed by atoms with Crippen molar-refractivity contribution in [3.8, 4) is 22.3 Å². The van der Waals surface area contributed by atoms with Crippen molar-refractivity contribution in [2.45, 2.75) is 323 Å². The second-order valence-corrected chi connectivity index (χ2v) is 30.2. The number of benzene rings is 5. The third-order valence-electron chi connectivity index (χ3n) is 21.1. The van der Waals surface area contributed by atoms with Gasteiger partial charge in [0, 0.05) is 9.75 Å². The van der Waals surface area contributed by atoms with Gasteiger partial charge in [-0.05, 0) is 238 Å². The summed E-state index contributed by atoms with van der Waals surface area (Å²) in [6, 6.07) is 43.5. The Morgan fingerprint density at radius 2 is 0.422 bits per heavy atom. The standard InChI is InChI=1S/C88H122S2/c1-9-17-25-33-41-67-53-68(42-34-26-18-10-2)58-75(57-67)87(76-59-69(43-35-27-19-11-3)54-70(60-76)44-36-28-20-12-4)83-65-82-80-50-52-90-86(80)88(84(82)66-81(83)79-49-51-89-85(79)87,77-61-71(45-37-29-21-13-5)55-72(62-77)46-38-30-22-14-6)78-63-73(47-39-31-23-15-7)56-74(64-78)48-40-32-24-16-8/h49-66H,9-48H2,1-8H3. The minimum absolute atomic E-state index is 0.460. The molecule has 7 aromatic rings. The first kappa shape index (κ1) is 69.8. The van der Waals surface area contributed by atoms with Crippen molar-refractivity contribution in [1.82, 2.24) is 0 Å². The predicted octanol–water partition coefficient (Wildman–Crippen LogP) is 27.5. The van der Waals surface area contributed by atoms with Crippen LogP contribution in [0.5, 0.6) is 0 Å². The molecule has 486 valence electrons. The largest absolute Gasteiger partial charge is 0.147 e. The van der Waals surface area contributed by atoms with E-state index in [0.717, 1.165) is 51.4 Å². The van der Waals surface area contributed by atoms with Crippen molar-refractivity contribution in [2.75, 3.05) is 0 Å². The molecule has 0 fully saturated rings. The zero-order valence-electron chi connectivity index (χ0n) is 58.5. The van der Waals surface area contributed by atoms with E-state index in [1.165, 1.54) is 261 Å². The van der Waals surface area contributed by atoms with Crippen LogP contribution in [0.25, 0.3) is 22.3 Å². The summed E-state index contributed by atoms with van der Waals surface area (Å²) in [4.78, 5) is 3.09. The van der Waals surface area contributed by atoms with E-state index in [0.29, 0.717) is 0 Å². The Morgan fingerprint density at radius 3 is 0.611 bits per heavy atom. The molecule has 2 aliphatic rings. The quantitative estimate of drug-likeness (QED) is 0.0334. The SMILES string of the molecule is CCCCCCc1cc(CCCCCC)cc(C2(c3cc(CCCCCC)cc(CCCCCC)c3)c3cc4c(cc3-c3ccsc32)C(c2cc(CCCCCC)cc(CCCCCC)c2)(c2cc(CCCCCC)cc(CCCCCC)c2)c2sccc2-4)c1. The van der Waals surface area contributed by atoms with E-state index >= 15 is 0 Å². The van der Waals surface area contributed by atoms with Crippen LogP contribution in [-0.2, 0) is 62.2 Å². The fourth-order valence-corrected chi connectivity index (χ4v) is 18.5. The molecule has 0 unspecified atom stereocenters. The summed E-state index contributed by atoms with van der Waals surface area (Å²) in [5.74, 6) is 0. The van der Waals surface area contributed by atoms with Gasteiger partial charge in [0.2, 0.25) is 0 Å². The highest BCUT2D eigenvalue weighted by molar-refractivity contribution is 7.11. The monoisotopic (exact) mass is 1240 g/mol. The van der Waals surface area contributed by atoms with Gasteiger partial charge in [0.1, 0.15) is 0 Å². The number of hydrogen-bond acceptors (Lipinski definition) is 2. The van der Waals surface area contributed by atoms with Gasteiger partial charge in [0.25, 0.3) is 0 Å². The Morgan fingerprint density at radius 1 is 0.222 bits per heavy atom. The Balaban J connectivity index is 1.37. The van der Waals surface area contributed by atoms with Crippen molar-refractivity contribution in [2.24, 2.45) is 0 Å². The maximum atomic E-state index is 2.86. The topological polar surface area (TPSA) is 0 Å². The van der Waals surface area contributed by atoms with Crippen LogP contribution in [0.15, 0.2) is 108 Å². The van der Waals surface area contributed by atoms with Crippen LogP contribution >= 0.6 is 22.7 Å². The number of fused-ring (bicyclic) bond motifs is 6. The Hall–Kier alpha value is -4.50. The van der Waals surface area contributed by atoms with Crippen LogP contribution in [0.4, 0.5) is 0 Å². The summed E-state index contributed by atoms with van der Waals surface area (Å²) in [7, 11) is 0. The lowest BCUT2D eigenvalue weighted by Gasteiger charge is -2.36. The number of rotatable bonds is 44. The molecule has 2 heteroatoms. The molecule has 2 aliphatic carbocycles. The fourth-order valence-electron chi connectivity index (χ4n) is 16.1. The average Bonchev–Trinajstić information content (AvgIpc) is 1.50. The molecule has 9 rings (SSSR count). The van der Waals surface area contributed by atoms with Gasteiger partial charge in [-0.25, -0.2) is 0 Å². The second kappa shape index (κ2) is 36.2. The lowest BCUT2D eigenvalue weighted by atomic mass is 9.66. The van der Waals surface area contributed by atoms with Crippen LogP contribution < -0.4 is 0 Å². The van der Waals surface area contributed by atoms with E-state index in [1.807, 2.05) is 0 Å². The van der Waals surface area contributed by atoms with Crippen molar-refractivity contribution >= 4 is 22.7 Å². The number of thiophene rings is 2. The van der Waals surface area contributed by atoms with Crippen LogP contribution in [0.2, 0.25) is 0 Å². The highest BCUT2D eigenvalue weighted by Gasteiger charge is 2.53. The smallest absolute Gasteiger partial charge is 0.0807 e. The molecule has 0 saturated carbocycles. The van der Waals surface area contributed by atoms with E-state index in [9.17, 15) is 0 Å². The van der Waals surface area contributed by atoms with Crippen LogP contribution in [-0.4, -0.2) is 0 Å². The molecule has 2 heterocycles. The molecular weight excluding hydrogens is 1120 g/mol.